The van der Waals surface area contributed by atoms with Crippen molar-refractivity contribution in [3.63, 3.8) is 0 Å². The van der Waals surface area contributed by atoms with Gasteiger partial charge >= 0.3 is 0 Å². The Balaban J connectivity index is 2.12. The normalized spacial score (nSPS) is 11.9. The Labute approximate surface area is 163 Å². The molecule has 1 aromatic heterocycles. The van der Waals surface area contributed by atoms with Crippen molar-refractivity contribution in [2.45, 2.75) is 26.3 Å². The molecule has 0 aliphatic rings. The lowest BCUT2D eigenvalue weighted by Crippen LogP contribution is -2.36. The highest BCUT2D eigenvalue weighted by atomic mass is 35.5. The lowest BCUT2D eigenvalue weighted by molar-refractivity contribution is 0.0777. The number of benzene rings is 1. The number of hydrogen-bond donors (Lipinski definition) is 2. The Morgan fingerprint density at radius 3 is 2.33 bits per heavy atom. The van der Waals surface area contributed by atoms with Gasteiger partial charge in [-0.05, 0) is 36.6 Å². The first-order valence-electron chi connectivity index (χ1n) is 8.68. The van der Waals surface area contributed by atoms with Crippen LogP contribution < -0.4 is 11.1 Å². The van der Waals surface area contributed by atoms with Crippen molar-refractivity contribution >= 4 is 29.1 Å². The molecule has 3 N–H and O–H groups in total. The summed E-state index contributed by atoms with van der Waals surface area (Å²) in [5, 5.41) is 3.25. The van der Waals surface area contributed by atoms with E-state index in [1.807, 2.05) is 13.8 Å². The van der Waals surface area contributed by atoms with Gasteiger partial charge in [0.25, 0.3) is 11.8 Å². The molecule has 1 aromatic carbocycles. The molecule has 27 heavy (non-hydrogen) atoms. The third-order valence-corrected chi connectivity index (χ3v) is 4.47. The fourth-order valence-electron chi connectivity index (χ4n) is 2.34. The smallest absolute Gasteiger partial charge is 0.276 e. The van der Waals surface area contributed by atoms with E-state index in [9.17, 15) is 9.59 Å². The molecular formula is C19H24ClN5O2. The molecule has 8 heteroatoms. The number of nitrogens with one attached hydrogen (secondary N) is 1. The van der Waals surface area contributed by atoms with Crippen LogP contribution >= 0.6 is 11.6 Å². The number of carbonyl (C=O) groups excluding carboxylic acids is 2. The number of rotatable bonds is 7. The third-order valence-electron chi connectivity index (χ3n) is 4.22. The molecule has 144 valence electrons. The van der Waals surface area contributed by atoms with Crippen molar-refractivity contribution in [2.24, 2.45) is 11.7 Å². The van der Waals surface area contributed by atoms with Crippen molar-refractivity contribution in [1.29, 1.82) is 0 Å². The van der Waals surface area contributed by atoms with Gasteiger partial charge in [0.2, 0.25) is 0 Å². The summed E-state index contributed by atoms with van der Waals surface area (Å²) in [6.45, 7) is 4.54. The van der Waals surface area contributed by atoms with Crippen LogP contribution in [0.2, 0.25) is 5.02 Å². The Bertz CT molecular complexity index is 795. The number of hydrogen-bond acceptors (Lipinski definition) is 5. The number of nitrogens with two attached hydrogens (primary N) is 1. The van der Waals surface area contributed by atoms with Gasteiger partial charge in [0, 0.05) is 42.7 Å². The van der Waals surface area contributed by atoms with Crippen LogP contribution in [0, 0.1) is 5.92 Å². The summed E-state index contributed by atoms with van der Waals surface area (Å²) < 4.78 is 0. The average molecular weight is 390 g/mol. The number of carbonyl (C=O) groups is 2. The van der Waals surface area contributed by atoms with Crippen LogP contribution in [-0.4, -0.2) is 46.3 Å². The van der Waals surface area contributed by atoms with Crippen molar-refractivity contribution in [3.05, 3.63) is 53.1 Å². The minimum atomic E-state index is -0.513. The maximum atomic E-state index is 12.7. The molecule has 2 rings (SSSR count). The monoisotopic (exact) mass is 389 g/mol. The van der Waals surface area contributed by atoms with Gasteiger partial charge in [-0.15, -0.1) is 0 Å². The first kappa shape index (κ1) is 20.8. The van der Waals surface area contributed by atoms with Crippen molar-refractivity contribution in [1.82, 2.24) is 14.9 Å². The van der Waals surface area contributed by atoms with E-state index in [-0.39, 0.29) is 23.3 Å². The molecular weight excluding hydrogens is 366 g/mol. The summed E-state index contributed by atoms with van der Waals surface area (Å²) in [5.74, 6) is -0.563. The van der Waals surface area contributed by atoms with Crippen molar-refractivity contribution < 1.29 is 9.59 Å². The van der Waals surface area contributed by atoms with Gasteiger partial charge in [0.15, 0.2) is 11.4 Å². The second kappa shape index (κ2) is 9.43. The SMILES string of the molecule is CC(C)C(N)CCN(C)C(=O)c1nccnc1C(=O)Nc1ccc(Cl)cc1. The zero-order valence-electron chi connectivity index (χ0n) is 15.6. The Morgan fingerprint density at radius 1 is 1.15 bits per heavy atom. The second-order valence-corrected chi connectivity index (χ2v) is 7.07. The maximum Gasteiger partial charge on any atom is 0.276 e. The molecule has 1 unspecified atom stereocenters. The van der Waals surface area contributed by atoms with Crippen LogP contribution in [0.3, 0.4) is 0 Å². The summed E-state index contributed by atoms with van der Waals surface area (Å²) in [6.07, 6.45) is 3.43. The van der Waals surface area contributed by atoms with E-state index in [1.54, 1.807) is 31.3 Å². The second-order valence-electron chi connectivity index (χ2n) is 6.64. The van der Waals surface area contributed by atoms with Crippen molar-refractivity contribution in [3.8, 4) is 0 Å². The van der Waals surface area contributed by atoms with Gasteiger partial charge < -0.3 is 16.0 Å². The van der Waals surface area contributed by atoms with Gasteiger partial charge in [0.05, 0.1) is 0 Å². The molecule has 0 saturated carbocycles. The largest absolute Gasteiger partial charge is 0.340 e. The molecule has 1 heterocycles. The van der Waals surface area contributed by atoms with Gasteiger partial charge in [-0.3, -0.25) is 9.59 Å². The predicted molar refractivity (Wildman–Crippen MR) is 106 cm³/mol. The lowest BCUT2D eigenvalue weighted by atomic mass is 10.0. The minimum absolute atomic E-state index is 0.00424. The highest BCUT2D eigenvalue weighted by molar-refractivity contribution is 6.30. The van der Waals surface area contributed by atoms with Crippen LogP contribution in [0.1, 0.15) is 41.2 Å². The number of aromatic nitrogens is 2. The fourth-order valence-corrected chi connectivity index (χ4v) is 2.47. The van der Waals surface area contributed by atoms with Gasteiger partial charge in [-0.25, -0.2) is 9.97 Å². The standard InChI is InChI=1S/C19H24ClN5O2/c1-12(2)15(21)8-11-25(3)19(27)17-16(22-9-10-23-17)18(26)24-14-6-4-13(20)5-7-14/h4-7,9-10,12,15H,8,11,21H2,1-3H3,(H,24,26). The Hall–Kier alpha value is -2.51. The Morgan fingerprint density at radius 2 is 1.74 bits per heavy atom. The van der Waals surface area contributed by atoms with E-state index in [0.717, 1.165) is 0 Å². The molecule has 0 fully saturated rings. The van der Waals surface area contributed by atoms with E-state index in [4.69, 9.17) is 17.3 Å². The van der Waals surface area contributed by atoms with Gasteiger partial charge in [-0.2, -0.15) is 0 Å². The molecule has 0 radical (unpaired) electrons. The van der Waals surface area contributed by atoms with Crippen LogP contribution in [0.4, 0.5) is 5.69 Å². The molecule has 0 bridgehead atoms. The minimum Gasteiger partial charge on any atom is -0.340 e. The molecule has 2 aromatic rings. The zero-order chi connectivity index (χ0) is 20.0. The van der Waals surface area contributed by atoms with E-state index >= 15 is 0 Å². The van der Waals surface area contributed by atoms with Gasteiger partial charge in [0.1, 0.15) is 0 Å². The highest BCUT2D eigenvalue weighted by Crippen LogP contribution is 2.15. The summed E-state index contributed by atoms with van der Waals surface area (Å²) in [6, 6.07) is 6.64. The summed E-state index contributed by atoms with van der Waals surface area (Å²) in [4.78, 5) is 34.9. The average Bonchev–Trinajstić information content (AvgIpc) is 2.66. The lowest BCUT2D eigenvalue weighted by Gasteiger charge is -2.21. The molecule has 0 aliphatic heterocycles. The number of halogens is 1. The van der Waals surface area contributed by atoms with E-state index < -0.39 is 5.91 Å². The molecule has 0 spiro atoms. The number of nitrogens with zero attached hydrogens (tertiary/aromatic N) is 3. The molecule has 0 saturated heterocycles. The first-order chi connectivity index (χ1) is 12.8. The summed E-state index contributed by atoms with van der Waals surface area (Å²) in [7, 11) is 1.66. The Kier molecular flexibility index (Phi) is 7.27. The zero-order valence-corrected chi connectivity index (χ0v) is 16.4. The molecule has 7 nitrogen and oxygen atoms in total. The van der Waals surface area contributed by atoms with Crippen LogP contribution in [0.5, 0.6) is 0 Å². The molecule has 0 aliphatic carbocycles. The van der Waals surface area contributed by atoms with Gasteiger partial charge in [-0.1, -0.05) is 25.4 Å². The van der Waals surface area contributed by atoms with Crippen LogP contribution in [0.15, 0.2) is 36.7 Å². The predicted octanol–water partition coefficient (Wildman–Crippen LogP) is 2.83. The van der Waals surface area contributed by atoms with E-state index in [0.29, 0.717) is 29.6 Å². The van der Waals surface area contributed by atoms with Crippen molar-refractivity contribution in [2.75, 3.05) is 18.9 Å². The number of anilines is 1. The van der Waals surface area contributed by atoms with Crippen LogP contribution in [-0.2, 0) is 0 Å². The topological polar surface area (TPSA) is 101 Å². The molecule has 2 amide bonds. The quantitative estimate of drug-likeness (QED) is 0.758. The van der Waals surface area contributed by atoms with Crippen LogP contribution in [0.25, 0.3) is 0 Å². The van der Waals surface area contributed by atoms with E-state index in [2.05, 4.69) is 15.3 Å². The first-order valence-corrected chi connectivity index (χ1v) is 9.06. The summed E-state index contributed by atoms with van der Waals surface area (Å²) >= 11 is 5.84. The number of amides is 2. The fraction of sp³-hybridized carbons (Fsp3) is 0.368. The molecule has 1 atom stereocenters. The third kappa shape index (κ3) is 5.74. The summed E-state index contributed by atoms with van der Waals surface area (Å²) in [5.41, 5.74) is 6.56. The highest BCUT2D eigenvalue weighted by Gasteiger charge is 2.23. The van der Waals surface area contributed by atoms with E-state index in [1.165, 1.54) is 17.3 Å². The maximum absolute atomic E-state index is 12.7.